The van der Waals surface area contributed by atoms with Crippen molar-refractivity contribution in [3.63, 3.8) is 0 Å². The third kappa shape index (κ3) is 4.51. The predicted molar refractivity (Wildman–Crippen MR) is 177 cm³/mol. The van der Waals surface area contributed by atoms with E-state index in [1.54, 1.807) is 0 Å². The molecule has 8 rings (SSSR count). The second-order valence-corrected chi connectivity index (χ2v) is 13.4. The molecule has 2 aliphatic carbocycles. The molecule has 0 bridgehead atoms. The molecule has 0 fully saturated rings. The maximum Gasteiger partial charge on any atom is 0.139 e. The Morgan fingerprint density at radius 3 is 1.27 bits per heavy atom. The van der Waals surface area contributed by atoms with Crippen molar-refractivity contribution < 1.29 is 4.74 Å². The van der Waals surface area contributed by atoms with E-state index in [2.05, 4.69) is 133 Å². The van der Waals surface area contributed by atoms with Crippen LogP contribution in [0.3, 0.4) is 0 Å². The molecule has 0 amide bonds. The Morgan fingerprint density at radius 2 is 0.805 bits per heavy atom. The van der Waals surface area contributed by atoms with Gasteiger partial charge in [-0.05, 0) is 44.0 Å². The zero-order valence-corrected chi connectivity index (χ0v) is 24.5. The van der Waals surface area contributed by atoms with Crippen molar-refractivity contribution in [3.8, 4) is 33.8 Å². The highest BCUT2D eigenvalue weighted by molar-refractivity contribution is 7.56. The zero-order chi connectivity index (χ0) is 27.2. The van der Waals surface area contributed by atoms with E-state index >= 15 is 0 Å². The summed E-state index contributed by atoms with van der Waals surface area (Å²) in [7, 11) is 1.05. The summed E-state index contributed by atoms with van der Waals surface area (Å²) in [5, 5.41) is 5.18. The van der Waals surface area contributed by atoms with Crippen LogP contribution < -0.4 is 26.0 Å². The van der Waals surface area contributed by atoms with E-state index in [9.17, 15) is 0 Å². The van der Waals surface area contributed by atoms with Gasteiger partial charge in [0.05, 0.1) is 0 Å². The Morgan fingerprint density at radius 1 is 0.390 bits per heavy atom. The molecule has 196 valence electrons. The average molecular weight is 563 g/mol. The smallest absolute Gasteiger partial charge is 0.139 e. The van der Waals surface area contributed by atoms with Crippen molar-refractivity contribution >= 4 is 38.4 Å². The van der Waals surface area contributed by atoms with Gasteiger partial charge in [-0.15, -0.1) is 0 Å². The molecule has 3 heteroatoms. The minimum Gasteiger partial charge on any atom is -0.455 e. The largest absolute Gasteiger partial charge is 0.455 e. The molecule has 0 aromatic heterocycles. The highest BCUT2D eigenvalue weighted by Crippen LogP contribution is 2.47. The third-order valence-electron chi connectivity index (χ3n) is 8.18. The SMILES string of the molecule is c1ccc(Pc2ccc3c(c2Oc2c(Pc4ccccc4)ccc4c2Cc2ccccc2-4)Cc2ccccc2-3)cc1. The normalized spacial score (nSPS) is 13.0. The van der Waals surface area contributed by atoms with Gasteiger partial charge in [0.15, 0.2) is 0 Å². The lowest BCUT2D eigenvalue weighted by atomic mass is 10.0. The molecule has 0 N–H and O–H groups in total. The summed E-state index contributed by atoms with van der Waals surface area (Å²) in [5.41, 5.74) is 10.7. The molecule has 6 aromatic rings. The maximum absolute atomic E-state index is 7.35. The Labute approximate surface area is 244 Å². The number of fused-ring (bicyclic) bond motifs is 6. The first-order chi connectivity index (χ1) is 20.3. The lowest BCUT2D eigenvalue weighted by molar-refractivity contribution is 0.482. The highest BCUT2D eigenvalue weighted by atomic mass is 31.1. The van der Waals surface area contributed by atoms with Gasteiger partial charge in [-0.1, -0.05) is 151 Å². The van der Waals surface area contributed by atoms with Crippen molar-refractivity contribution in [2.45, 2.75) is 12.8 Å². The van der Waals surface area contributed by atoms with E-state index in [0.717, 1.165) is 24.3 Å². The summed E-state index contributed by atoms with van der Waals surface area (Å²) < 4.78 is 7.35. The maximum atomic E-state index is 7.35. The quantitative estimate of drug-likeness (QED) is 0.187. The fraction of sp³-hybridized carbons (Fsp3) is 0.0526. The number of rotatable bonds is 6. The van der Waals surface area contributed by atoms with Crippen LogP contribution in [0.4, 0.5) is 0 Å². The van der Waals surface area contributed by atoms with Crippen molar-refractivity contribution in [2.75, 3.05) is 0 Å². The van der Waals surface area contributed by atoms with E-state index in [1.807, 2.05) is 0 Å². The Balaban J connectivity index is 1.30. The summed E-state index contributed by atoms with van der Waals surface area (Å²) in [4.78, 5) is 0. The van der Waals surface area contributed by atoms with Crippen molar-refractivity contribution in [2.24, 2.45) is 0 Å². The van der Waals surface area contributed by atoms with Crippen LogP contribution >= 0.6 is 17.2 Å². The number of hydrogen-bond donors (Lipinski definition) is 0. The fourth-order valence-electron chi connectivity index (χ4n) is 6.25. The van der Waals surface area contributed by atoms with Gasteiger partial charge in [-0.2, -0.15) is 0 Å². The molecule has 1 nitrogen and oxygen atoms in total. The van der Waals surface area contributed by atoms with E-state index < -0.39 is 0 Å². The Hall–Kier alpha value is -4.02. The molecule has 0 saturated carbocycles. The molecule has 2 atom stereocenters. The number of hydrogen-bond acceptors (Lipinski definition) is 1. The molecule has 6 aromatic carbocycles. The Bertz CT molecular complexity index is 1770. The summed E-state index contributed by atoms with van der Waals surface area (Å²) in [6.45, 7) is 0. The van der Waals surface area contributed by atoms with Crippen LogP contribution in [-0.4, -0.2) is 0 Å². The Kier molecular flexibility index (Phi) is 6.29. The van der Waals surface area contributed by atoms with Crippen LogP contribution in [0.2, 0.25) is 0 Å². The van der Waals surface area contributed by atoms with Gasteiger partial charge in [-0.3, -0.25) is 0 Å². The van der Waals surface area contributed by atoms with Crippen molar-refractivity contribution in [1.29, 1.82) is 0 Å². The third-order valence-corrected chi connectivity index (χ3v) is 10.8. The minimum absolute atomic E-state index is 0.523. The van der Waals surface area contributed by atoms with Crippen molar-refractivity contribution in [1.82, 2.24) is 0 Å². The lowest BCUT2D eigenvalue weighted by Crippen LogP contribution is -2.14. The second-order valence-electron chi connectivity index (χ2n) is 10.7. The average Bonchev–Trinajstić information content (AvgIpc) is 3.59. The van der Waals surface area contributed by atoms with Crippen LogP contribution in [0.25, 0.3) is 22.3 Å². The standard InChI is InChI=1S/C38H28OP2/c1-3-13-27(14-4-1)40-35-21-19-31-29-17-9-7-11-25(29)23-33(31)37(35)39-38-34-24-26-12-8-10-18-30(26)32(34)20-22-36(38)41-28-15-5-2-6-16-28/h1-22,40-41H,23-24H2. The first-order valence-corrected chi connectivity index (χ1v) is 16.1. The van der Waals surface area contributed by atoms with E-state index in [1.165, 1.54) is 65.7 Å². The van der Waals surface area contributed by atoms with Crippen LogP contribution in [0.5, 0.6) is 11.5 Å². The molecular weight excluding hydrogens is 534 g/mol. The number of benzene rings is 6. The van der Waals surface area contributed by atoms with Crippen LogP contribution in [0.15, 0.2) is 133 Å². The van der Waals surface area contributed by atoms with Gasteiger partial charge in [0.2, 0.25) is 0 Å². The molecular formula is C38H28OP2. The van der Waals surface area contributed by atoms with Gasteiger partial charge in [0.1, 0.15) is 11.5 Å². The molecule has 41 heavy (non-hydrogen) atoms. The van der Waals surface area contributed by atoms with Crippen LogP contribution in [-0.2, 0) is 12.8 Å². The number of ether oxygens (including phenoxy) is 1. The molecule has 2 aliphatic rings. The zero-order valence-electron chi connectivity index (χ0n) is 22.5. The summed E-state index contributed by atoms with van der Waals surface area (Å²) in [6, 6.07) is 48.5. The van der Waals surface area contributed by atoms with E-state index in [0.29, 0.717) is 17.2 Å². The minimum atomic E-state index is 0.523. The fourth-order valence-corrected chi connectivity index (χ4v) is 8.56. The topological polar surface area (TPSA) is 9.23 Å². The first-order valence-electron chi connectivity index (χ1n) is 14.1. The summed E-state index contributed by atoms with van der Waals surface area (Å²) in [6.07, 6.45) is 1.80. The molecule has 0 spiro atoms. The van der Waals surface area contributed by atoms with Gasteiger partial charge < -0.3 is 4.74 Å². The lowest BCUT2D eigenvalue weighted by Gasteiger charge is -2.21. The summed E-state index contributed by atoms with van der Waals surface area (Å²) >= 11 is 0. The van der Waals surface area contributed by atoms with E-state index in [-0.39, 0.29) is 0 Å². The van der Waals surface area contributed by atoms with Crippen LogP contribution in [0, 0.1) is 0 Å². The molecule has 0 radical (unpaired) electrons. The van der Waals surface area contributed by atoms with E-state index in [4.69, 9.17) is 4.74 Å². The molecule has 0 aliphatic heterocycles. The highest BCUT2D eigenvalue weighted by Gasteiger charge is 2.28. The molecule has 0 heterocycles. The molecule has 2 unspecified atom stereocenters. The van der Waals surface area contributed by atoms with Crippen LogP contribution in [0.1, 0.15) is 22.3 Å². The molecule has 0 saturated heterocycles. The van der Waals surface area contributed by atoms with Gasteiger partial charge >= 0.3 is 0 Å². The van der Waals surface area contributed by atoms with Gasteiger partial charge in [0.25, 0.3) is 0 Å². The predicted octanol–water partition coefficient (Wildman–Crippen LogP) is 7.88. The van der Waals surface area contributed by atoms with Gasteiger partial charge in [0, 0.05) is 34.6 Å². The van der Waals surface area contributed by atoms with Gasteiger partial charge in [-0.25, -0.2) is 0 Å². The monoisotopic (exact) mass is 562 g/mol. The van der Waals surface area contributed by atoms with Crippen molar-refractivity contribution in [3.05, 3.63) is 156 Å². The first kappa shape index (κ1) is 24.8. The second kappa shape index (κ2) is 10.4. The summed E-state index contributed by atoms with van der Waals surface area (Å²) in [5.74, 6) is 2.09.